The van der Waals surface area contributed by atoms with Crippen LogP contribution in [0.3, 0.4) is 0 Å². The molecule has 1 amide bonds. The van der Waals surface area contributed by atoms with Gasteiger partial charge in [-0.25, -0.2) is 0 Å². The number of carboxylic acid groups (broad SMARTS) is 1. The minimum absolute atomic E-state index is 0.0665. The number of aryl methyl sites for hydroxylation is 2. The molecule has 2 aliphatic heterocycles. The number of carbonyl (C=O) groups is 2. The minimum Gasteiger partial charge on any atom is -0.490 e. The van der Waals surface area contributed by atoms with Crippen molar-refractivity contribution in [1.82, 2.24) is 4.90 Å². The number of hydrogen-bond donors (Lipinski definition) is 2. The van der Waals surface area contributed by atoms with Crippen LogP contribution in [0.4, 0.5) is 5.69 Å². The van der Waals surface area contributed by atoms with E-state index in [-0.39, 0.29) is 31.3 Å². The summed E-state index contributed by atoms with van der Waals surface area (Å²) in [5.74, 6) is -0.133. The van der Waals surface area contributed by atoms with E-state index in [2.05, 4.69) is 19.2 Å². The second kappa shape index (κ2) is 11.4. The number of ether oxygens (including phenoxy) is 3. The number of nitrogens with one attached hydrogen (secondary N) is 1. The van der Waals surface area contributed by atoms with Gasteiger partial charge < -0.3 is 24.6 Å². The first kappa shape index (κ1) is 27.1. The highest BCUT2D eigenvalue weighted by Crippen LogP contribution is 2.48. The Bertz CT molecular complexity index is 1410. The third kappa shape index (κ3) is 5.61. The standard InChI is InChI=1S/C33H36N2O6/c1-3-20-6-5-7-21(4-2)31(20)34-29(36)18-35-17-26(23-10-15-27-28(16-23)40-19-39-27)30(33(37)38)32(35)22-8-11-24(12-9-22)41-25-13-14-25/h5-12,15-16,25-26,30,32H,3-4,13-14,17-19H2,1-2H3,(H,34,36)(H,37,38)/t26-,30-,32+/m1/s1. The summed E-state index contributed by atoms with van der Waals surface area (Å²) in [6, 6.07) is 18.9. The van der Waals surface area contributed by atoms with Crippen molar-refractivity contribution in [2.45, 2.75) is 57.6 Å². The van der Waals surface area contributed by atoms with E-state index in [0.29, 0.717) is 18.0 Å². The number of hydrogen-bond acceptors (Lipinski definition) is 6. The highest BCUT2D eigenvalue weighted by atomic mass is 16.7. The Hall–Kier alpha value is -4.04. The van der Waals surface area contributed by atoms with Crippen molar-refractivity contribution in [3.05, 3.63) is 82.9 Å². The zero-order valence-electron chi connectivity index (χ0n) is 23.5. The van der Waals surface area contributed by atoms with E-state index in [9.17, 15) is 14.7 Å². The third-order valence-corrected chi connectivity index (χ3v) is 8.37. The number of benzene rings is 3. The molecule has 2 fully saturated rings. The molecule has 3 atom stereocenters. The Kier molecular flexibility index (Phi) is 7.58. The third-order valence-electron chi connectivity index (χ3n) is 8.37. The quantitative estimate of drug-likeness (QED) is 0.337. The number of para-hydroxylation sites is 1. The highest BCUT2D eigenvalue weighted by Gasteiger charge is 2.48. The first-order valence-corrected chi connectivity index (χ1v) is 14.5. The fourth-order valence-electron chi connectivity index (χ4n) is 6.16. The zero-order chi connectivity index (χ0) is 28.5. The number of nitrogens with zero attached hydrogens (tertiary/aromatic N) is 1. The summed E-state index contributed by atoms with van der Waals surface area (Å²) in [6.07, 6.45) is 4.00. The SMILES string of the molecule is CCc1cccc(CC)c1NC(=O)CN1C[C@H](c2ccc3c(c2)OCO3)[C@@H](C(=O)O)[C@@H]1c1ccc(OC2CC2)cc1. The number of fused-ring (bicyclic) bond motifs is 1. The van der Waals surface area contributed by atoms with E-state index in [1.807, 2.05) is 65.6 Å². The number of carboxylic acids is 1. The monoisotopic (exact) mass is 556 g/mol. The van der Waals surface area contributed by atoms with Gasteiger partial charge in [-0.15, -0.1) is 0 Å². The van der Waals surface area contributed by atoms with Gasteiger partial charge in [-0.3, -0.25) is 14.5 Å². The molecule has 1 aliphatic carbocycles. The van der Waals surface area contributed by atoms with Crippen LogP contribution in [0.5, 0.6) is 17.2 Å². The van der Waals surface area contributed by atoms with Gasteiger partial charge in [-0.05, 0) is 72.2 Å². The second-order valence-electron chi connectivity index (χ2n) is 11.1. The predicted molar refractivity (Wildman–Crippen MR) is 155 cm³/mol. The molecule has 2 N–H and O–H groups in total. The van der Waals surface area contributed by atoms with Crippen LogP contribution in [0.15, 0.2) is 60.7 Å². The summed E-state index contributed by atoms with van der Waals surface area (Å²) in [6.45, 7) is 4.77. The normalized spacial score (nSPS) is 21.6. The number of likely N-dealkylation sites (tertiary alicyclic amines) is 1. The smallest absolute Gasteiger partial charge is 0.309 e. The fourth-order valence-corrected chi connectivity index (χ4v) is 6.16. The van der Waals surface area contributed by atoms with Crippen molar-refractivity contribution < 1.29 is 28.9 Å². The summed E-state index contributed by atoms with van der Waals surface area (Å²) in [4.78, 5) is 28.5. The topological polar surface area (TPSA) is 97.3 Å². The van der Waals surface area contributed by atoms with Crippen LogP contribution in [0.1, 0.15) is 60.9 Å². The lowest BCUT2D eigenvalue weighted by molar-refractivity contribution is -0.143. The summed E-state index contributed by atoms with van der Waals surface area (Å²) in [5.41, 5.74) is 4.74. The average Bonchev–Trinajstić information content (AvgIpc) is 3.52. The lowest BCUT2D eigenvalue weighted by atomic mass is 9.82. The van der Waals surface area contributed by atoms with Gasteiger partial charge in [0, 0.05) is 24.2 Å². The van der Waals surface area contributed by atoms with E-state index < -0.39 is 17.9 Å². The first-order valence-electron chi connectivity index (χ1n) is 14.5. The summed E-state index contributed by atoms with van der Waals surface area (Å²) in [5, 5.41) is 13.7. The van der Waals surface area contributed by atoms with Crippen LogP contribution in [0.2, 0.25) is 0 Å². The number of amides is 1. The van der Waals surface area contributed by atoms with Gasteiger partial charge in [0.15, 0.2) is 11.5 Å². The van der Waals surface area contributed by atoms with Gasteiger partial charge in [0.1, 0.15) is 5.75 Å². The van der Waals surface area contributed by atoms with Gasteiger partial charge in [0.05, 0.1) is 18.6 Å². The maximum atomic E-state index is 13.6. The maximum absolute atomic E-state index is 13.6. The molecule has 0 spiro atoms. The molecule has 8 nitrogen and oxygen atoms in total. The van der Waals surface area contributed by atoms with E-state index in [1.54, 1.807) is 0 Å². The van der Waals surface area contributed by atoms with Crippen molar-refractivity contribution in [3.63, 3.8) is 0 Å². The molecular weight excluding hydrogens is 520 g/mol. The van der Waals surface area contributed by atoms with Crippen LogP contribution in [-0.4, -0.2) is 47.9 Å². The average molecular weight is 557 g/mol. The van der Waals surface area contributed by atoms with Gasteiger partial charge in [0.25, 0.3) is 0 Å². The molecule has 8 heteroatoms. The van der Waals surface area contributed by atoms with Crippen LogP contribution in [0, 0.1) is 5.92 Å². The first-order chi connectivity index (χ1) is 19.9. The molecule has 1 saturated heterocycles. The molecule has 214 valence electrons. The molecule has 0 aromatic heterocycles. The summed E-state index contributed by atoms with van der Waals surface area (Å²) >= 11 is 0. The molecule has 3 aromatic carbocycles. The number of carbonyl (C=O) groups excluding carboxylic acids is 1. The fraction of sp³-hybridized carbons (Fsp3) is 0.394. The molecule has 6 rings (SSSR count). The second-order valence-corrected chi connectivity index (χ2v) is 11.1. The van der Waals surface area contributed by atoms with Crippen molar-refractivity contribution in [3.8, 4) is 17.2 Å². The van der Waals surface area contributed by atoms with Crippen molar-refractivity contribution in [2.75, 3.05) is 25.2 Å². The van der Waals surface area contributed by atoms with Gasteiger partial charge >= 0.3 is 5.97 Å². The minimum atomic E-state index is -0.900. The molecule has 3 aromatic rings. The summed E-state index contributed by atoms with van der Waals surface area (Å²) < 4.78 is 17.0. The van der Waals surface area contributed by atoms with E-state index >= 15 is 0 Å². The predicted octanol–water partition coefficient (Wildman–Crippen LogP) is 5.56. The molecule has 0 bridgehead atoms. The van der Waals surface area contributed by atoms with Gasteiger partial charge in [0.2, 0.25) is 12.7 Å². The van der Waals surface area contributed by atoms with Crippen molar-refractivity contribution in [1.29, 1.82) is 0 Å². The lowest BCUT2D eigenvalue weighted by Gasteiger charge is -2.27. The molecule has 0 radical (unpaired) electrons. The Morgan fingerprint density at radius 2 is 1.63 bits per heavy atom. The van der Waals surface area contributed by atoms with E-state index in [1.165, 1.54) is 0 Å². The van der Waals surface area contributed by atoms with Crippen LogP contribution in [0.25, 0.3) is 0 Å². The molecule has 1 saturated carbocycles. The molecule has 2 heterocycles. The number of rotatable bonds is 10. The van der Waals surface area contributed by atoms with Crippen LogP contribution in [-0.2, 0) is 22.4 Å². The number of anilines is 1. The summed E-state index contributed by atoms with van der Waals surface area (Å²) in [7, 11) is 0. The van der Waals surface area contributed by atoms with Crippen molar-refractivity contribution >= 4 is 17.6 Å². The van der Waals surface area contributed by atoms with Crippen LogP contribution < -0.4 is 19.5 Å². The van der Waals surface area contributed by atoms with Crippen molar-refractivity contribution in [2.24, 2.45) is 5.92 Å². The molecular formula is C33H36N2O6. The highest BCUT2D eigenvalue weighted by molar-refractivity contribution is 5.94. The number of aliphatic carboxylic acids is 1. The van der Waals surface area contributed by atoms with Gasteiger partial charge in [-0.2, -0.15) is 0 Å². The lowest BCUT2D eigenvalue weighted by Crippen LogP contribution is -2.35. The largest absolute Gasteiger partial charge is 0.490 e. The Labute approximate surface area is 240 Å². The zero-order valence-corrected chi connectivity index (χ0v) is 23.5. The van der Waals surface area contributed by atoms with E-state index in [4.69, 9.17) is 14.2 Å². The van der Waals surface area contributed by atoms with Crippen LogP contribution >= 0.6 is 0 Å². The maximum Gasteiger partial charge on any atom is 0.309 e. The van der Waals surface area contributed by atoms with Gasteiger partial charge in [-0.1, -0.05) is 50.2 Å². The Morgan fingerprint density at radius 1 is 0.951 bits per heavy atom. The molecule has 41 heavy (non-hydrogen) atoms. The molecule has 3 aliphatic rings. The van der Waals surface area contributed by atoms with E-state index in [0.717, 1.165) is 59.4 Å². The Morgan fingerprint density at radius 3 is 2.29 bits per heavy atom. The molecule has 0 unspecified atom stereocenters. The Balaban J connectivity index is 1.32.